The fourth-order valence-corrected chi connectivity index (χ4v) is 2.05. The lowest BCUT2D eigenvalue weighted by Gasteiger charge is -2.29. The van der Waals surface area contributed by atoms with Crippen molar-refractivity contribution in [2.24, 2.45) is 5.92 Å². The lowest BCUT2D eigenvalue weighted by Crippen LogP contribution is -2.45. The third kappa shape index (κ3) is 5.94. The van der Waals surface area contributed by atoms with Crippen molar-refractivity contribution in [1.82, 2.24) is 5.32 Å². The topological polar surface area (TPSA) is 58.6 Å². The van der Waals surface area contributed by atoms with Crippen molar-refractivity contribution in [3.63, 3.8) is 0 Å². The first-order valence-electron chi connectivity index (χ1n) is 7.03. The minimum atomic E-state index is -0.824. The van der Waals surface area contributed by atoms with E-state index >= 15 is 0 Å². The van der Waals surface area contributed by atoms with Crippen molar-refractivity contribution in [3.8, 4) is 0 Å². The molecule has 0 spiro atoms. The van der Waals surface area contributed by atoms with E-state index in [2.05, 4.69) is 5.32 Å². The van der Waals surface area contributed by atoms with Gasteiger partial charge in [-0.25, -0.2) is 4.79 Å². The molecule has 0 saturated carbocycles. The molecular weight excluding hydrogens is 290 g/mol. The van der Waals surface area contributed by atoms with Gasteiger partial charge in [0.25, 0.3) is 0 Å². The largest absolute Gasteiger partial charge is 0.444 e. The zero-order chi connectivity index (χ0) is 16.2. The van der Waals surface area contributed by atoms with Crippen LogP contribution in [0.25, 0.3) is 0 Å². The molecule has 4 nitrogen and oxygen atoms in total. The molecule has 2 atom stereocenters. The average Bonchev–Trinajstić information content (AvgIpc) is 2.33. The standard InChI is InChI=1S/C16H24ClNO3/c1-10(2)13(18-15(20)21-16(3,4)5)14(19)11-6-8-12(17)9-7-11/h6-10,13-14,19H,1-5H3,(H,18,20). The number of ether oxygens (including phenoxy) is 1. The summed E-state index contributed by atoms with van der Waals surface area (Å²) in [7, 11) is 0. The monoisotopic (exact) mass is 313 g/mol. The zero-order valence-corrected chi connectivity index (χ0v) is 13.9. The zero-order valence-electron chi connectivity index (χ0n) is 13.2. The molecule has 0 aliphatic heterocycles. The fraction of sp³-hybridized carbons (Fsp3) is 0.562. The molecule has 21 heavy (non-hydrogen) atoms. The molecule has 0 aromatic heterocycles. The van der Waals surface area contributed by atoms with Gasteiger partial charge in [-0.05, 0) is 44.4 Å². The van der Waals surface area contributed by atoms with Crippen LogP contribution in [-0.4, -0.2) is 22.8 Å². The molecule has 5 heteroatoms. The van der Waals surface area contributed by atoms with E-state index in [1.165, 1.54) is 0 Å². The number of rotatable bonds is 4. The molecule has 0 aliphatic carbocycles. The van der Waals surface area contributed by atoms with Crippen molar-refractivity contribution >= 4 is 17.7 Å². The summed E-state index contributed by atoms with van der Waals surface area (Å²) >= 11 is 5.84. The summed E-state index contributed by atoms with van der Waals surface area (Å²) in [5, 5.41) is 13.8. The third-order valence-corrected chi connectivity index (χ3v) is 3.21. The maximum atomic E-state index is 11.9. The summed E-state index contributed by atoms with van der Waals surface area (Å²) in [6, 6.07) is 6.48. The Balaban J connectivity index is 2.81. The molecule has 0 heterocycles. The highest BCUT2D eigenvalue weighted by Crippen LogP contribution is 2.23. The summed E-state index contributed by atoms with van der Waals surface area (Å²) in [6.45, 7) is 9.26. The second kappa shape index (κ2) is 7.14. The minimum absolute atomic E-state index is 0.0446. The van der Waals surface area contributed by atoms with Crippen LogP contribution in [0.2, 0.25) is 5.02 Å². The maximum Gasteiger partial charge on any atom is 0.407 e. The van der Waals surface area contributed by atoms with E-state index in [1.807, 2.05) is 13.8 Å². The molecule has 0 bridgehead atoms. The Morgan fingerprint density at radius 1 is 1.24 bits per heavy atom. The molecular formula is C16H24ClNO3. The second-order valence-corrected chi connectivity index (χ2v) is 6.85. The van der Waals surface area contributed by atoms with Crippen LogP contribution in [0.3, 0.4) is 0 Å². The molecule has 1 rings (SSSR count). The van der Waals surface area contributed by atoms with E-state index in [1.54, 1.807) is 45.0 Å². The van der Waals surface area contributed by atoms with Gasteiger partial charge in [0.05, 0.1) is 12.1 Å². The van der Waals surface area contributed by atoms with Gasteiger partial charge in [-0.2, -0.15) is 0 Å². The first kappa shape index (κ1) is 17.8. The molecule has 1 amide bonds. The van der Waals surface area contributed by atoms with E-state index in [9.17, 15) is 9.90 Å². The SMILES string of the molecule is CC(C)C(NC(=O)OC(C)(C)C)C(O)c1ccc(Cl)cc1. The Morgan fingerprint density at radius 2 is 1.76 bits per heavy atom. The van der Waals surface area contributed by atoms with E-state index in [0.717, 1.165) is 0 Å². The fourth-order valence-electron chi connectivity index (χ4n) is 1.92. The molecule has 0 radical (unpaired) electrons. The van der Waals surface area contributed by atoms with Crippen LogP contribution in [0.1, 0.15) is 46.3 Å². The number of aliphatic hydroxyl groups is 1. The summed E-state index contributed by atoms with van der Waals surface area (Å²) in [4.78, 5) is 11.9. The van der Waals surface area contributed by atoms with Gasteiger partial charge in [-0.3, -0.25) is 0 Å². The number of amides is 1. The van der Waals surface area contributed by atoms with Crippen LogP contribution in [0.15, 0.2) is 24.3 Å². The highest BCUT2D eigenvalue weighted by molar-refractivity contribution is 6.30. The molecule has 1 aromatic rings. The van der Waals surface area contributed by atoms with Gasteiger partial charge < -0.3 is 15.2 Å². The minimum Gasteiger partial charge on any atom is -0.444 e. The predicted octanol–water partition coefficient (Wildman–Crippen LogP) is 3.92. The van der Waals surface area contributed by atoms with Gasteiger partial charge in [0.1, 0.15) is 5.60 Å². The lowest BCUT2D eigenvalue weighted by atomic mass is 9.93. The summed E-state index contributed by atoms with van der Waals surface area (Å²) in [5.41, 5.74) is 0.130. The molecule has 118 valence electrons. The molecule has 0 fully saturated rings. The highest BCUT2D eigenvalue weighted by Gasteiger charge is 2.28. The van der Waals surface area contributed by atoms with Crippen molar-refractivity contribution in [1.29, 1.82) is 0 Å². The normalized spacial score (nSPS) is 14.7. The number of halogens is 1. The van der Waals surface area contributed by atoms with Crippen LogP contribution < -0.4 is 5.32 Å². The number of hydrogen-bond donors (Lipinski definition) is 2. The van der Waals surface area contributed by atoms with Gasteiger partial charge in [-0.1, -0.05) is 37.6 Å². The average molecular weight is 314 g/mol. The van der Waals surface area contributed by atoms with Crippen LogP contribution in [-0.2, 0) is 4.74 Å². The molecule has 2 N–H and O–H groups in total. The summed E-state index contributed by atoms with van der Waals surface area (Å²) < 4.78 is 5.24. The van der Waals surface area contributed by atoms with Gasteiger partial charge in [-0.15, -0.1) is 0 Å². The molecule has 1 aromatic carbocycles. The molecule has 2 unspecified atom stereocenters. The number of carbonyl (C=O) groups is 1. The van der Waals surface area contributed by atoms with Crippen molar-refractivity contribution in [2.45, 2.75) is 52.4 Å². The molecule has 0 saturated heterocycles. The predicted molar refractivity (Wildman–Crippen MR) is 84.4 cm³/mol. The number of nitrogens with one attached hydrogen (secondary N) is 1. The summed E-state index contributed by atoms with van der Waals surface area (Å²) in [6.07, 6.45) is -1.36. The number of aliphatic hydroxyl groups excluding tert-OH is 1. The Morgan fingerprint density at radius 3 is 2.19 bits per heavy atom. The lowest BCUT2D eigenvalue weighted by molar-refractivity contribution is 0.0374. The quantitative estimate of drug-likeness (QED) is 0.885. The first-order chi connectivity index (χ1) is 9.60. The second-order valence-electron chi connectivity index (χ2n) is 6.41. The Kier molecular flexibility index (Phi) is 6.05. The Labute approximate surface area is 131 Å². The highest BCUT2D eigenvalue weighted by atomic mass is 35.5. The van der Waals surface area contributed by atoms with Gasteiger partial charge in [0, 0.05) is 5.02 Å². The van der Waals surface area contributed by atoms with E-state index in [0.29, 0.717) is 10.6 Å². The van der Waals surface area contributed by atoms with Crippen molar-refractivity contribution in [2.75, 3.05) is 0 Å². The summed E-state index contributed by atoms with van der Waals surface area (Å²) in [5.74, 6) is 0.0446. The Bertz CT molecular complexity index is 465. The van der Waals surface area contributed by atoms with Crippen molar-refractivity contribution in [3.05, 3.63) is 34.9 Å². The van der Waals surface area contributed by atoms with Gasteiger partial charge >= 0.3 is 6.09 Å². The van der Waals surface area contributed by atoms with E-state index in [-0.39, 0.29) is 5.92 Å². The number of alkyl carbamates (subject to hydrolysis) is 1. The number of carbonyl (C=O) groups excluding carboxylic acids is 1. The van der Waals surface area contributed by atoms with E-state index in [4.69, 9.17) is 16.3 Å². The van der Waals surface area contributed by atoms with Gasteiger partial charge in [0.15, 0.2) is 0 Å². The smallest absolute Gasteiger partial charge is 0.407 e. The van der Waals surface area contributed by atoms with Crippen LogP contribution in [0, 0.1) is 5.92 Å². The number of hydrogen-bond acceptors (Lipinski definition) is 3. The third-order valence-electron chi connectivity index (χ3n) is 2.95. The van der Waals surface area contributed by atoms with Crippen LogP contribution >= 0.6 is 11.6 Å². The van der Waals surface area contributed by atoms with Crippen LogP contribution in [0.5, 0.6) is 0 Å². The first-order valence-corrected chi connectivity index (χ1v) is 7.41. The number of benzene rings is 1. The van der Waals surface area contributed by atoms with Crippen LogP contribution in [0.4, 0.5) is 4.79 Å². The maximum absolute atomic E-state index is 11.9. The Hall–Kier alpha value is -1.26. The van der Waals surface area contributed by atoms with Crippen molar-refractivity contribution < 1.29 is 14.6 Å². The van der Waals surface area contributed by atoms with E-state index < -0.39 is 23.8 Å². The van der Waals surface area contributed by atoms with Gasteiger partial charge in [0.2, 0.25) is 0 Å². The molecule has 0 aliphatic rings.